The van der Waals surface area contributed by atoms with Crippen LogP contribution in [0.15, 0.2) is 53.4 Å². The molecule has 0 bridgehead atoms. The van der Waals surface area contributed by atoms with Gasteiger partial charge in [-0.1, -0.05) is 12.1 Å². The first kappa shape index (κ1) is 21.0. The number of rotatable bonds is 7. The number of hydrogen-bond donors (Lipinski definition) is 2. The highest BCUT2D eigenvalue weighted by molar-refractivity contribution is 7.89. The summed E-state index contributed by atoms with van der Waals surface area (Å²) in [5.74, 6) is -2.41. The Morgan fingerprint density at radius 2 is 1.82 bits per heavy atom. The van der Waals surface area contributed by atoms with Gasteiger partial charge in [-0.15, -0.1) is 0 Å². The monoisotopic (exact) mass is 405 g/mol. The number of amides is 1. The summed E-state index contributed by atoms with van der Waals surface area (Å²) in [6.45, 7) is 0.558. The molecule has 2 rings (SSSR count). The Morgan fingerprint density at radius 1 is 1.18 bits per heavy atom. The van der Waals surface area contributed by atoms with Crippen LogP contribution in [0, 0.1) is 17.1 Å². The van der Waals surface area contributed by atoms with Crippen molar-refractivity contribution in [2.24, 2.45) is 0 Å². The van der Waals surface area contributed by atoms with E-state index in [1.54, 1.807) is 0 Å². The molecule has 1 amide bonds. The van der Waals surface area contributed by atoms with E-state index < -0.39 is 40.4 Å². The topological polar surface area (TPSA) is 125 Å². The molecule has 146 valence electrons. The van der Waals surface area contributed by atoms with Gasteiger partial charge in [0, 0.05) is 0 Å². The maximum absolute atomic E-state index is 13.5. The minimum Gasteiger partial charge on any atom is -0.452 e. The fraction of sp³-hybridized carbons (Fsp3) is 0.167. The van der Waals surface area contributed by atoms with Crippen molar-refractivity contribution in [3.05, 3.63) is 59.9 Å². The van der Waals surface area contributed by atoms with E-state index in [9.17, 15) is 22.4 Å². The lowest BCUT2D eigenvalue weighted by molar-refractivity contribution is -0.151. The zero-order chi connectivity index (χ0) is 20.7. The molecule has 0 heterocycles. The number of nitrogens with one attached hydrogen (secondary N) is 2. The molecule has 2 aromatic carbocycles. The average molecular weight is 405 g/mol. The Kier molecular flexibility index (Phi) is 6.81. The second-order valence-electron chi connectivity index (χ2n) is 5.56. The van der Waals surface area contributed by atoms with Crippen molar-refractivity contribution in [1.29, 1.82) is 5.26 Å². The van der Waals surface area contributed by atoms with Crippen molar-refractivity contribution in [2.75, 3.05) is 11.9 Å². The molecule has 0 saturated carbocycles. The second kappa shape index (κ2) is 9.07. The van der Waals surface area contributed by atoms with Crippen molar-refractivity contribution in [3.63, 3.8) is 0 Å². The fourth-order valence-corrected chi connectivity index (χ4v) is 3.00. The highest BCUT2D eigenvalue weighted by atomic mass is 32.2. The summed E-state index contributed by atoms with van der Waals surface area (Å²) >= 11 is 0. The van der Waals surface area contributed by atoms with Gasteiger partial charge >= 0.3 is 5.97 Å². The van der Waals surface area contributed by atoms with E-state index in [0.29, 0.717) is 0 Å². The molecular formula is C18H16FN3O5S. The fourth-order valence-electron chi connectivity index (χ4n) is 2.04. The molecule has 0 unspecified atom stereocenters. The van der Waals surface area contributed by atoms with Crippen LogP contribution in [0.3, 0.4) is 0 Å². The summed E-state index contributed by atoms with van der Waals surface area (Å²) in [7, 11) is -4.00. The van der Waals surface area contributed by atoms with Crippen molar-refractivity contribution < 1.29 is 27.1 Å². The average Bonchev–Trinajstić information content (AvgIpc) is 2.68. The van der Waals surface area contributed by atoms with E-state index >= 15 is 0 Å². The van der Waals surface area contributed by atoms with Crippen molar-refractivity contribution in [3.8, 4) is 6.07 Å². The Morgan fingerprint density at radius 3 is 2.43 bits per heavy atom. The van der Waals surface area contributed by atoms with E-state index in [1.165, 1.54) is 49.4 Å². The van der Waals surface area contributed by atoms with E-state index in [4.69, 9.17) is 10.00 Å². The SMILES string of the molecule is C[C@H](OC(=O)CNS(=O)(=O)c1ccc(C#N)cc1)C(=O)Nc1ccccc1F. The van der Waals surface area contributed by atoms with Crippen molar-refractivity contribution in [2.45, 2.75) is 17.9 Å². The predicted molar refractivity (Wildman–Crippen MR) is 96.9 cm³/mol. The molecular weight excluding hydrogens is 389 g/mol. The van der Waals surface area contributed by atoms with Gasteiger partial charge in [0.2, 0.25) is 10.0 Å². The lowest BCUT2D eigenvalue weighted by Crippen LogP contribution is -2.36. The van der Waals surface area contributed by atoms with Gasteiger partial charge in [-0.05, 0) is 43.3 Å². The van der Waals surface area contributed by atoms with E-state index in [0.717, 1.165) is 6.07 Å². The normalized spacial score (nSPS) is 11.9. The zero-order valence-corrected chi connectivity index (χ0v) is 15.5. The Bertz CT molecular complexity index is 1020. The number of anilines is 1. The zero-order valence-electron chi connectivity index (χ0n) is 14.7. The highest BCUT2D eigenvalue weighted by Gasteiger charge is 2.21. The number of benzene rings is 2. The predicted octanol–water partition coefficient (Wildman–Crippen LogP) is 1.55. The van der Waals surface area contributed by atoms with Crippen LogP contribution >= 0.6 is 0 Å². The molecule has 0 fully saturated rings. The quantitative estimate of drug-likeness (QED) is 0.673. The number of hydrogen-bond acceptors (Lipinski definition) is 6. The molecule has 0 aliphatic carbocycles. The van der Waals surface area contributed by atoms with Crippen LogP contribution in [0.5, 0.6) is 0 Å². The smallest absolute Gasteiger partial charge is 0.321 e. The number of sulfonamides is 1. The third-order valence-corrected chi connectivity index (χ3v) is 4.93. The molecule has 0 saturated heterocycles. The third kappa shape index (κ3) is 5.60. The van der Waals surface area contributed by atoms with Gasteiger partial charge in [0.15, 0.2) is 6.10 Å². The number of nitrogens with zero attached hydrogens (tertiary/aromatic N) is 1. The molecule has 0 aliphatic heterocycles. The molecule has 2 aromatic rings. The van der Waals surface area contributed by atoms with Crippen LogP contribution in [0.1, 0.15) is 12.5 Å². The summed E-state index contributed by atoms with van der Waals surface area (Å²) in [4.78, 5) is 23.6. The van der Waals surface area contributed by atoms with Gasteiger partial charge < -0.3 is 10.1 Å². The van der Waals surface area contributed by atoms with Crippen LogP contribution in [0.4, 0.5) is 10.1 Å². The maximum atomic E-state index is 13.5. The first-order valence-electron chi connectivity index (χ1n) is 7.97. The molecule has 8 nitrogen and oxygen atoms in total. The van der Waals surface area contributed by atoms with Gasteiger partial charge in [-0.3, -0.25) is 9.59 Å². The molecule has 0 spiro atoms. The molecule has 28 heavy (non-hydrogen) atoms. The minimum atomic E-state index is -4.00. The Balaban J connectivity index is 1.89. The second-order valence-corrected chi connectivity index (χ2v) is 7.33. The Labute approximate surface area is 161 Å². The number of ether oxygens (including phenoxy) is 1. The largest absolute Gasteiger partial charge is 0.452 e. The van der Waals surface area contributed by atoms with Gasteiger partial charge in [0.25, 0.3) is 5.91 Å². The summed E-state index contributed by atoms with van der Waals surface area (Å²) in [6, 6.07) is 12.4. The number of para-hydroxylation sites is 1. The third-order valence-electron chi connectivity index (χ3n) is 3.51. The first-order chi connectivity index (χ1) is 13.2. The molecule has 0 aliphatic rings. The summed E-state index contributed by atoms with van der Waals surface area (Å²) < 4.78 is 44.6. The van der Waals surface area contributed by atoms with Crippen molar-refractivity contribution in [1.82, 2.24) is 4.72 Å². The lowest BCUT2D eigenvalue weighted by Gasteiger charge is -2.14. The summed E-state index contributed by atoms with van der Waals surface area (Å²) in [5.41, 5.74) is 0.213. The number of carbonyl (C=O) groups excluding carboxylic acids is 2. The first-order valence-corrected chi connectivity index (χ1v) is 9.46. The molecule has 0 aromatic heterocycles. The summed E-state index contributed by atoms with van der Waals surface area (Å²) in [6.07, 6.45) is -1.27. The maximum Gasteiger partial charge on any atom is 0.321 e. The number of nitriles is 1. The molecule has 10 heteroatoms. The van der Waals surface area contributed by atoms with E-state index in [2.05, 4.69) is 5.32 Å². The van der Waals surface area contributed by atoms with Crippen LogP contribution < -0.4 is 10.0 Å². The van der Waals surface area contributed by atoms with Gasteiger partial charge in [-0.2, -0.15) is 9.98 Å². The van der Waals surface area contributed by atoms with Gasteiger partial charge in [0.05, 0.1) is 22.2 Å². The van der Waals surface area contributed by atoms with Crippen LogP contribution in [-0.2, 0) is 24.3 Å². The van der Waals surface area contributed by atoms with Crippen molar-refractivity contribution >= 4 is 27.6 Å². The highest BCUT2D eigenvalue weighted by Crippen LogP contribution is 2.13. The number of halogens is 1. The minimum absolute atomic E-state index is 0.0723. The molecule has 0 radical (unpaired) electrons. The molecule has 1 atom stereocenters. The number of esters is 1. The Hall–Kier alpha value is -3.29. The lowest BCUT2D eigenvalue weighted by atomic mass is 10.2. The van der Waals surface area contributed by atoms with E-state index in [1.807, 2.05) is 10.8 Å². The van der Waals surface area contributed by atoms with Crippen LogP contribution in [-0.4, -0.2) is 32.9 Å². The van der Waals surface area contributed by atoms with Crippen LogP contribution in [0.25, 0.3) is 0 Å². The van der Waals surface area contributed by atoms with E-state index in [-0.39, 0.29) is 16.1 Å². The number of carbonyl (C=O) groups is 2. The van der Waals surface area contributed by atoms with Gasteiger partial charge in [0.1, 0.15) is 12.4 Å². The van der Waals surface area contributed by atoms with Crippen LogP contribution in [0.2, 0.25) is 0 Å². The standard InChI is InChI=1S/C18H16FN3O5S/c1-12(18(24)22-16-5-3-2-4-15(16)19)27-17(23)11-21-28(25,26)14-8-6-13(10-20)7-9-14/h2-9,12,21H,11H2,1H3,(H,22,24)/t12-/m0/s1. The van der Waals surface area contributed by atoms with Gasteiger partial charge in [-0.25, -0.2) is 12.8 Å². The summed E-state index contributed by atoms with van der Waals surface area (Å²) in [5, 5.41) is 11.0. The molecule has 2 N–H and O–H groups in total.